The maximum Gasteiger partial charge on any atom is 0.287 e. The predicted octanol–water partition coefficient (Wildman–Crippen LogP) is 6.81. The Morgan fingerprint density at radius 2 is 1.95 bits per heavy atom. The van der Waals surface area contributed by atoms with Crippen molar-refractivity contribution in [2.75, 3.05) is 6.61 Å². The molecule has 0 fully saturated rings. The Morgan fingerprint density at radius 1 is 1.16 bits per heavy atom. The lowest BCUT2D eigenvalue weighted by Gasteiger charge is -2.15. The predicted molar refractivity (Wildman–Crippen MR) is 152 cm³/mol. The van der Waals surface area contributed by atoms with Gasteiger partial charge in [-0.1, -0.05) is 29.8 Å². The normalized spacial score (nSPS) is 12.1. The summed E-state index contributed by atoms with van der Waals surface area (Å²) in [5.74, 6) is 1.50. The number of hydrogen-bond acceptors (Lipinski definition) is 8. The minimum absolute atomic E-state index is 0.000274. The molecule has 0 saturated heterocycles. The number of pyridine rings is 1. The molecule has 38 heavy (non-hydrogen) atoms. The number of aromatic nitrogens is 3. The molecule has 0 radical (unpaired) electrons. The second-order valence-electron chi connectivity index (χ2n) is 8.27. The Bertz CT molecular complexity index is 1590. The van der Waals surface area contributed by atoms with Crippen LogP contribution in [0.25, 0.3) is 10.9 Å². The van der Waals surface area contributed by atoms with Crippen LogP contribution in [0.4, 0.5) is 5.69 Å². The van der Waals surface area contributed by atoms with Gasteiger partial charge in [-0.3, -0.25) is 14.9 Å². The summed E-state index contributed by atoms with van der Waals surface area (Å²) in [6.45, 7) is 6.23. The van der Waals surface area contributed by atoms with Gasteiger partial charge >= 0.3 is 0 Å². The van der Waals surface area contributed by atoms with Crippen molar-refractivity contribution in [2.45, 2.75) is 33.1 Å². The zero-order valence-electron chi connectivity index (χ0n) is 20.7. The minimum atomic E-state index is -0.533. The van der Waals surface area contributed by atoms with Crippen LogP contribution >= 0.6 is 31.9 Å². The highest BCUT2D eigenvalue weighted by atomic mass is 79.9. The first-order valence-electron chi connectivity index (χ1n) is 11.7. The molecule has 2 aromatic carbocycles. The first-order chi connectivity index (χ1) is 18.2. The Labute approximate surface area is 234 Å². The number of fused-ring (bicyclic) bond motifs is 1. The van der Waals surface area contributed by atoms with Crippen molar-refractivity contribution in [3.05, 3.63) is 89.5 Å². The lowest BCUT2D eigenvalue weighted by atomic mass is 10.1. The Morgan fingerprint density at radius 3 is 2.61 bits per heavy atom. The standard InChI is InChI=1S/C26H23Br2N5O5/c1-4-15(3)25-31-21-8-6-17(27)11-19(21)26(34)32(25)30-13-16-10-22(37-5-2)23(12-20(16)28)38-24-9-7-18(14-29-24)33(35)36/h6-15H,4-5H2,1-3H3/t15-/m1/s1. The topological polar surface area (TPSA) is 122 Å². The summed E-state index contributed by atoms with van der Waals surface area (Å²) in [6, 6.07) is 11.5. The molecule has 4 rings (SSSR count). The van der Waals surface area contributed by atoms with Crippen LogP contribution in [0.15, 0.2) is 67.5 Å². The number of rotatable bonds is 9. The summed E-state index contributed by atoms with van der Waals surface area (Å²) in [5, 5.41) is 15.9. The van der Waals surface area contributed by atoms with Crippen LogP contribution in [0.1, 0.15) is 44.5 Å². The first kappa shape index (κ1) is 27.4. The Hall–Kier alpha value is -3.64. The lowest BCUT2D eigenvalue weighted by Crippen LogP contribution is -2.23. The fourth-order valence-electron chi connectivity index (χ4n) is 3.55. The summed E-state index contributed by atoms with van der Waals surface area (Å²) in [4.78, 5) is 32.5. The van der Waals surface area contributed by atoms with E-state index in [0.29, 0.717) is 44.9 Å². The molecule has 0 amide bonds. The van der Waals surface area contributed by atoms with Crippen LogP contribution in [-0.4, -0.2) is 32.4 Å². The smallest absolute Gasteiger partial charge is 0.287 e. The van der Waals surface area contributed by atoms with E-state index in [0.717, 1.165) is 17.1 Å². The van der Waals surface area contributed by atoms with Crippen molar-refractivity contribution in [1.29, 1.82) is 0 Å². The number of hydrogen-bond donors (Lipinski definition) is 0. The van der Waals surface area contributed by atoms with Gasteiger partial charge in [0.15, 0.2) is 11.5 Å². The summed E-state index contributed by atoms with van der Waals surface area (Å²) < 4.78 is 14.3. The number of halogens is 2. The van der Waals surface area contributed by atoms with Gasteiger partial charge in [0, 0.05) is 32.6 Å². The highest BCUT2D eigenvalue weighted by Crippen LogP contribution is 2.36. The molecule has 0 spiro atoms. The SMILES string of the molecule is CCOc1cc(C=Nn2c([C@H](C)CC)nc3ccc(Br)cc3c2=O)c(Br)cc1Oc1ccc([N+](=O)[O-])cn1. The third-order valence-corrected chi connectivity index (χ3v) is 6.89. The van der Waals surface area contributed by atoms with Gasteiger partial charge in [0.25, 0.3) is 11.2 Å². The quantitative estimate of drug-likeness (QED) is 0.111. The van der Waals surface area contributed by atoms with Crippen molar-refractivity contribution in [1.82, 2.24) is 14.6 Å². The van der Waals surface area contributed by atoms with E-state index in [1.54, 1.807) is 24.4 Å². The molecule has 0 aliphatic rings. The van der Waals surface area contributed by atoms with Gasteiger partial charge in [0.05, 0.1) is 28.6 Å². The van der Waals surface area contributed by atoms with Crippen molar-refractivity contribution in [3.8, 4) is 17.4 Å². The highest BCUT2D eigenvalue weighted by molar-refractivity contribution is 9.10. The average molecular weight is 645 g/mol. The van der Waals surface area contributed by atoms with Crippen molar-refractivity contribution < 1.29 is 14.4 Å². The molecular formula is C26H23Br2N5O5. The fraction of sp³-hybridized carbons (Fsp3) is 0.231. The van der Waals surface area contributed by atoms with E-state index in [1.807, 2.05) is 32.9 Å². The molecule has 0 aliphatic heterocycles. The van der Waals surface area contributed by atoms with Crippen LogP contribution in [-0.2, 0) is 0 Å². The van der Waals surface area contributed by atoms with E-state index in [9.17, 15) is 14.9 Å². The van der Waals surface area contributed by atoms with E-state index in [2.05, 4.69) is 41.9 Å². The number of benzene rings is 2. The molecule has 4 aromatic rings. The molecular weight excluding hydrogens is 622 g/mol. The maximum atomic E-state index is 13.4. The second-order valence-corrected chi connectivity index (χ2v) is 10.0. The molecule has 0 aliphatic carbocycles. The fourth-order valence-corrected chi connectivity index (χ4v) is 4.34. The molecule has 1 atom stereocenters. The van der Waals surface area contributed by atoms with Gasteiger partial charge in [-0.25, -0.2) is 9.97 Å². The van der Waals surface area contributed by atoms with E-state index < -0.39 is 4.92 Å². The van der Waals surface area contributed by atoms with E-state index in [-0.39, 0.29) is 23.0 Å². The number of nitrogens with zero attached hydrogens (tertiary/aromatic N) is 5. The van der Waals surface area contributed by atoms with E-state index >= 15 is 0 Å². The third-order valence-electron chi connectivity index (χ3n) is 5.71. The third kappa shape index (κ3) is 5.91. The molecule has 2 aromatic heterocycles. The van der Waals surface area contributed by atoms with E-state index in [4.69, 9.17) is 14.5 Å². The summed E-state index contributed by atoms with van der Waals surface area (Å²) in [7, 11) is 0. The van der Waals surface area contributed by atoms with Gasteiger partial charge in [0.2, 0.25) is 5.88 Å². The monoisotopic (exact) mass is 643 g/mol. The van der Waals surface area contributed by atoms with E-state index in [1.165, 1.54) is 16.8 Å². The summed E-state index contributed by atoms with van der Waals surface area (Å²) in [5.41, 5.74) is 0.834. The number of ether oxygens (including phenoxy) is 2. The largest absolute Gasteiger partial charge is 0.490 e. The molecule has 0 unspecified atom stereocenters. The first-order valence-corrected chi connectivity index (χ1v) is 13.3. The van der Waals surface area contributed by atoms with Crippen molar-refractivity contribution in [2.24, 2.45) is 5.10 Å². The van der Waals surface area contributed by atoms with Crippen LogP contribution in [0, 0.1) is 10.1 Å². The molecule has 12 heteroatoms. The van der Waals surface area contributed by atoms with Crippen LogP contribution < -0.4 is 15.0 Å². The highest BCUT2D eigenvalue weighted by Gasteiger charge is 2.17. The average Bonchev–Trinajstić information content (AvgIpc) is 2.90. The van der Waals surface area contributed by atoms with Gasteiger partial charge in [0.1, 0.15) is 12.0 Å². The maximum absolute atomic E-state index is 13.4. The van der Waals surface area contributed by atoms with Crippen LogP contribution in [0.5, 0.6) is 17.4 Å². The molecule has 10 nitrogen and oxygen atoms in total. The Kier molecular flexibility index (Phi) is 8.52. The van der Waals surface area contributed by atoms with Crippen molar-refractivity contribution >= 4 is 54.7 Å². The molecule has 0 bridgehead atoms. The van der Waals surface area contributed by atoms with Gasteiger partial charge in [-0.05, 0) is 59.6 Å². The zero-order chi connectivity index (χ0) is 27.4. The zero-order valence-corrected chi connectivity index (χ0v) is 23.9. The Balaban J connectivity index is 1.74. The lowest BCUT2D eigenvalue weighted by molar-refractivity contribution is -0.385. The number of nitro groups is 1. The minimum Gasteiger partial charge on any atom is -0.490 e. The second kappa shape index (κ2) is 11.8. The van der Waals surface area contributed by atoms with Gasteiger partial charge in [-0.2, -0.15) is 9.78 Å². The summed E-state index contributed by atoms with van der Waals surface area (Å²) >= 11 is 6.95. The molecule has 196 valence electrons. The summed E-state index contributed by atoms with van der Waals surface area (Å²) in [6.07, 6.45) is 3.46. The van der Waals surface area contributed by atoms with Crippen LogP contribution in [0.2, 0.25) is 0 Å². The van der Waals surface area contributed by atoms with Gasteiger partial charge in [-0.15, -0.1) is 0 Å². The van der Waals surface area contributed by atoms with Gasteiger partial charge < -0.3 is 9.47 Å². The van der Waals surface area contributed by atoms with Crippen LogP contribution in [0.3, 0.4) is 0 Å². The molecule has 0 N–H and O–H groups in total. The molecule has 2 heterocycles. The molecule has 0 saturated carbocycles. The van der Waals surface area contributed by atoms with Crippen molar-refractivity contribution in [3.63, 3.8) is 0 Å².